The van der Waals surface area contributed by atoms with Crippen LogP contribution < -0.4 is 10.4 Å². The zero-order valence-corrected chi connectivity index (χ0v) is 12.7. The van der Waals surface area contributed by atoms with Gasteiger partial charge in [-0.3, -0.25) is 10.2 Å². The van der Waals surface area contributed by atoms with Gasteiger partial charge in [0.15, 0.2) is 6.29 Å². The van der Waals surface area contributed by atoms with Gasteiger partial charge in [0.2, 0.25) is 5.91 Å². The van der Waals surface area contributed by atoms with Gasteiger partial charge in [0.1, 0.15) is 5.60 Å². The molecule has 2 heterocycles. The molecule has 1 N–H and O–H groups in total. The Morgan fingerprint density at radius 3 is 2.81 bits per heavy atom. The van der Waals surface area contributed by atoms with Crippen LogP contribution >= 0.6 is 11.6 Å². The molecule has 0 unspecified atom stereocenters. The van der Waals surface area contributed by atoms with Gasteiger partial charge in [-0.05, 0) is 31.2 Å². The molecule has 1 aromatic carbocycles. The van der Waals surface area contributed by atoms with Crippen molar-refractivity contribution >= 4 is 23.2 Å². The van der Waals surface area contributed by atoms with Crippen molar-refractivity contribution in [1.82, 2.24) is 5.43 Å². The molecule has 1 fully saturated rings. The van der Waals surface area contributed by atoms with E-state index in [1.165, 1.54) is 5.01 Å². The molecular formula is C15H17ClN2O3. The van der Waals surface area contributed by atoms with Gasteiger partial charge in [0.05, 0.1) is 17.8 Å². The third kappa shape index (κ3) is 2.64. The maximum atomic E-state index is 12.4. The molecule has 1 amide bonds. The maximum Gasteiger partial charge on any atom is 0.248 e. The summed E-state index contributed by atoms with van der Waals surface area (Å²) in [4.78, 5) is 12.4. The molecule has 112 valence electrons. The highest BCUT2D eigenvalue weighted by Gasteiger charge is 2.44. The van der Waals surface area contributed by atoms with Crippen molar-refractivity contribution in [2.45, 2.75) is 31.7 Å². The van der Waals surface area contributed by atoms with Gasteiger partial charge >= 0.3 is 0 Å². The number of ether oxygens (including phenoxy) is 2. The molecule has 5 nitrogen and oxygen atoms in total. The average Bonchev–Trinajstić information content (AvgIpc) is 2.46. The molecule has 3 rings (SSSR count). The summed E-state index contributed by atoms with van der Waals surface area (Å²) in [6, 6.07) is 7.12. The Labute approximate surface area is 128 Å². The first-order valence-corrected chi connectivity index (χ1v) is 7.16. The first kappa shape index (κ1) is 14.4. The lowest BCUT2D eigenvalue weighted by atomic mass is 9.92. The molecule has 2 atom stereocenters. The lowest BCUT2D eigenvalue weighted by Gasteiger charge is -2.45. The Hall–Kier alpha value is -1.56. The summed E-state index contributed by atoms with van der Waals surface area (Å²) < 4.78 is 11.1. The van der Waals surface area contributed by atoms with Gasteiger partial charge in [0, 0.05) is 18.6 Å². The van der Waals surface area contributed by atoms with Gasteiger partial charge in [-0.1, -0.05) is 17.7 Å². The topological polar surface area (TPSA) is 50.8 Å². The fourth-order valence-electron chi connectivity index (χ4n) is 2.63. The number of carbonyl (C=O) groups is 1. The lowest BCUT2D eigenvalue weighted by Crippen LogP contribution is -2.59. The number of anilines is 1. The van der Waals surface area contributed by atoms with Gasteiger partial charge in [-0.2, -0.15) is 0 Å². The number of fused-ring (bicyclic) bond motifs is 1. The predicted molar refractivity (Wildman–Crippen MR) is 79.7 cm³/mol. The average molecular weight is 309 g/mol. The second kappa shape index (κ2) is 5.33. The highest BCUT2D eigenvalue weighted by atomic mass is 35.5. The third-order valence-corrected chi connectivity index (χ3v) is 4.05. The number of nitrogens with zero attached hydrogens (tertiary/aromatic N) is 1. The Bertz CT molecular complexity index is 587. The van der Waals surface area contributed by atoms with Crippen LogP contribution in [0, 0.1) is 0 Å². The molecule has 0 spiro atoms. The number of methoxy groups -OCH3 is 1. The number of rotatable bonds is 2. The van der Waals surface area contributed by atoms with Crippen LogP contribution in [-0.4, -0.2) is 24.9 Å². The molecule has 2 aliphatic heterocycles. The van der Waals surface area contributed by atoms with Crippen LogP contribution in [0.3, 0.4) is 0 Å². The number of carbonyl (C=O) groups excluding carboxylic acids is 1. The van der Waals surface area contributed by atoms with Crippen molar-refractivity contribution in [3.8, 4) is 0 Å². The van der Waals surface area contributed by atoms with E-state index < -0.39 is 5.60 Å². The second-order valence-electron chi connectivity index (χ2n) is 5.36. The Balaban J connectivity index is 1.87. The third-order valence-electron chi connectivity index (χ3n) is 3.79. The summed E-state index contributed by atoms with van der Waals surface area (Å²) in [6.45, 7) is 1.90. The smallest absolute Gasteiger partial charge is 0.248 e. The SMILES string of the molecule is CO[C@@H]1CC=C2NN(c3ccc(Cl)cc3)C(=O)C[C@]2(C)O1. The fraction of sp³-hybridized carbons (Fsp3) is 0.400. The summed E-state index contributed by atoms with van der Waals surface area (Å²) in [5, 5.41) is 2.16. The largest absolute Gasteiger partial charge is 0.356 e. The van der Waals surface area contributed by atoms with Crippen LogP contribution in [0.15, 0.2) is 36.0 Å². The minimum atomic E-state index is -0.668. The van der Waals surface area contributed by atoms with E-state index in [0.29, 0.717) is 11.4 Å². The molecule has 0 saturated carbocycles. The van der Waals surface area contributed by atoms with E-state index >= 15 is 0 Å². The van der Waals surface area contributed by atoms with Crippen molar-refractivity contribution in [3.63, 3.8) is 0 Å². The number of hydrazine groups is 1. The van der Waals surface area contributed by atoms with Crippen LogP contribution in [0.25, 0.3) is 0 Å². The molecule has 0 bridgehead atoms. The first-order chi connectivity index (χ1) is 10.0. The molecule has 0 aromatic heterocycles. The van der Waals surface area contributed by atoms with Gasteiger partial charge in [-0.15, -0.1) is 0 Å². The molecule has 2 aliphatic rings. The zero-order valence-electron chi connectivity index (χ0n) is 11.9. The summed E-state index contributed by atoms with van der Waals surface area (Å²) in [7, 11) is 1.60. The van der Waals surface area contributed by atoms with Crippen LogP contribution in [0.4, 0.5) is 5.69 Å². The minimum Gasteiger partial charge on any atom is -0.356 e. The summed E-state index contributed by atoms with van der Waals surface area (Å²) in [6.07, 6.45) is 2.62. The predicted octanol–water partition coefficient (Wildman–Crippen LogP) is 2.62. The highest BCUT2D eigenvalue weighted by molar-refractivity contribution is 6.30. The summed E-state index contributed by atoms with van der Waals surface area (Å²) >= 11 is 5.88. The maximum absolute atomic E-state index is 12.4. The van der Waals surface area contributed by atoms with Crippen molar-refractivity contribution in [3.05, 3.63) is 41.1 Å². The number of halogens is 1. The van der Waals surface area contributed by atoms with E-state index in [9.17, 15) is 4.79 Å². The standard InChI is InChI=1S/C15H17ClN2O3/c1-15-9-13(19)18(11-5-3-10(16)4-6-11)17-12(15)7-8-14(20-2)21-15/h3-7,14,17H,8-9H2,1-2H3/t14-,15-/m0/s1. The number of hydrogen-bond donors (Lipinski definition) is 1. The Kier molecular flexibility index (Phi) is 3.65. The van der Waals surface area contributed by atoms with Crippen molar-refractivity contribution in [2.24, 2.45) is 0 Å². The van der Waals surface area contributed by atoms with Crippen molar-refractivity contribution in [1.29, 1.82) is 0 Å². The van der Waals surface area contributed by atoms with E-state index in [1.54, 1.807) is 31.4 Å². The van der Waals surface area contributed by atoms with E-state index in [4.69, 9.17) is 21.1 Å². The lowest BCUT2D eigenvalue weighted by molar-refractivity contribution is -0.194. The summed E-state index contributed by atoms with van der Waals surface area (Å²) in [5.74, 6) is -0.0614. The highest BCUT2D eigenvalue weighted by Crippen LogP contribution is 2.36. The van der Waals surface area contributed by atoms with Gasteiger partial charge in [-0.25, -0.2) is 5.01 Å². The van der Waals surface area contributed by atoms with E-state index in [-0.39, 0.29) is 18.6 Å². The number of benzene rings is 1. The normalized spacial score (nSPS) is 28.7. The van der Waals surface area contributed by atoms with Crippen LogP contribution in [0.1, 0.15) is 19.8 Å². The Morgan fingerprint density at radius 2 is 2.14 bits per heavy atom. The van der Waals surface area contributed by atoms with Crippen LogP contribution in [0.2, 0.25) is 5.02 Å². The van der Waals surface area contributed by atoms with Crippen LogP contribution in [-0.2, 0) is 14.3 Å². The number of hydrogen-bond acceptors (Lipinski definition) is 4. The molecule has 0 aliphatic carbocycles. The number of nitrogens with one attached hydrogen (secondary N) is 1. The molecule has 0 radical (unpaired) electrons. The summed E-state index contributed by atoms with van der Waals surface area (Å²) in [5.41, 5.74) is 4.11. The minimum absolute atomic E-state index is 0.0614. The van der Waals surface area contributed by atoms with Crippen molar-refractivity contribution in [2.75, 3.05) is 12.1 Å². The Morgan fingerprint density at radius 1 is 1.43 bits per heavy atom. The van der Waals surface area contributed by atoms with Gasteiger partial charge in [0.25, 0.3) is 0 Å². The quantitative estimate of drug-likeness (QED) is 0.912. The number of amides is 1. The molecule has 21 heavy (non-hydrogen) atoms. The fourth-order valence-corrected chi connectivity index (χ4v) is 2.75. The van der Waals surface area contributed by atoms with E-state index in [2.05, 4.69) is 5.43 Å². The molecule has 6 heteroatoms. The second-order valence-corrected chi connectivity index (χ2v) is 5.80. The first-order valence-electron chi connectivity index (χ1n) is 6.78. The van der Waals surface area contributed by atoms with Crippen molar-refractivity contribution < 1.29 is 14.3 Å². The molecule has 1 aromatic rings. The monoisotopic (exact) mass is 308 g/mol. The van der Waals surface area contributed by atoms with E-state index in [1.807, 2.05) is 13.0 Å². The van der Waals surface area contributed by atoms with E-state index in [0.717, 1.165) is 11.4 Å². The molecule has 1 saturated heterocycles. The zero-order chi connectivity index (χ0) is 15.0. The van der Waals surface area contributed by atoms with Crippen LogP contribution in [0.5, 0.6) is 0 Å². The van der Waals surface area contributed by atoms with Gasteiger partial charge < -0.3 is 9.47 Å². The molecular weight excluding hydrogens is 292 g/mol.